The fourth-order valence-electron chi connectivity index (χ4n) is 4.01. The highest BCUT2D eigenvalue weighted by Gasteiger charge is 2.28. The summed E-state index contributed by atoms with van der Waals surface area (Å²) >= 11 is 0. The Bertz CT molecular complexity index is 1110. The Morgan fingerprint density at radius 2 is 1.34 bits per heavy atom. The van der Waals surface area contributed by atoms with E-state index in [2.05, 4.69) is 10.6 Å². The first-order chi connectivity index (χ1) is 16.8. The van der Waals surface area contributed by atoms with Crippen LogP contribution in [0.1, 0.15) is 43.9 Å². The second-order valence-electron chi connectivity index (χ2n) is 9.06. The van der Waals surface area contributed by atoms with E-state index in [-0.39, 0.29) is 18.2 Å². The molecule has 0 aliphatic carbocycles. The summed E-state index contributed by atoms with van der Waals surface area (Å²) in [5.74, 6) is -2.41. The van der Waals surface area contributed by atoms with Crippen molar-refractivity contribution < 1.29 is 19.5 Å². The molecule has 0 bridgehead atoms. The first-order valence-corrected chi connectivity index (χ1v) is 11.8. The monoisotopic (exact) mass is 472 g/mol. The van der Waals surface area contributed by atoms with Crippen molar-refractivity contribution in [2.75, 3.05) is 0 Å². The standard InChI is InChI=1S/C29H32N2O4/c1-20(2)17-25(18-26(32)33)28(34)31-27(29(35)30-19-21-9-5-3-6-10-21)24-15-13-23(14-16-24)22-11-7-4-8-12-22/h3-16,20,25,27H,17-19H2,1-2H3,(H,30,35)(H,31,34)(H,32,33)/t25-,27?/m1/s1. The van der Waals surface area contributed by atoms with Crippen molar-refractivity contribution >= 4 is 17.8 Å². The first kappa shape index (κ1) is 25.7. The molecule has 3 rings (SSSR count). The number of aliphatic carboxylic acids is 1. The van der Waals surface area contributed by atoms with Gasteiger partial charge in [0.15, 0.2) is 0 Å². The molecule has 182 valence electrons. The number of carbonyl (C=O) groups is 3. The van der Waals surface area contributed by atoms with Crippen molar-refractivity contribution in [1.82, 2.24) is 10.6 Å². The Morgan fingerprint density at radius 3 is 1.91 bits per heavy atom. The van der Waals surface area contributed by atoms with Gasteiger partial charge in [-0.15, -0.1) is 0 Å². The number of nitrogens with one attached hydrogen (secondary N) is 2. The van der Waals surface area contributed by atoms with Crippen LogP contribution in [0.3, 0.4) is 0 Å². The second-order valence-corrected chi connectivity index (χ2v) is 9.06. The van der Waals surface area contributed by atoms with Crippen LogP contribution in [0.5, 0.6) is 0 Å². The maximum Gasteiger partial charge on any atom is 0.304 e. The minimum Gasteiger partial charge on any atom is -0.481 e. The van der Waals surface area contributed by atoms with E-state index in [0.717, 1.165) is 16.7 Å². The number of carboxylic acid groups (broad SMARTS) is 1. The zero-order chi connectivity index (χ0) is 25.2. The summed E-state index contributed by atoms with van der Waals surface area (Å²) in [7, 11) is 0. The lowest BCUT2D eigenvalue weighted by molar-refractivity contribution is -0.141. The molecular weight excluding hydrogens is 440 g/mol. The number of amides is 2. The highest BCUT2D eigenvalue weighted by molar-refractivity contribution is 5.90. The summed E-state index contributed by atoms with van der Waals surface area (Å²) < 4.78 is 0. The van der Waals surface area contributed by atoms with Crippen molar-refractivity contribution in [3.05, 3.63) is 96.1 Å². The fourth-order valence-corrected chi connectivity index (χ4v) is 4.01. The molecule has 3 aromatic rings. The number of carbonyl (C=O) groups excluding carboxylic acids is 2. The fraction of sp³-hybridized carbons (Fsp3) is 0.276. The van der Waals surface area contributed by atoms with Gasteiger partial charge in [-0.1, -0.05) is 98.8 Å². The average molecular weight is 473 g/mol. The third-order valence-corrected chi connectivity index (χ3v) is 5.76. The van der Waals surface area contributed by atoms with Crippen molar-refractivity contribution in [2.24, 2.45) is 11.8 Å². The van der Waals surface area contributed by atoms with E-state index in [1.807, 2.05) is 98.8 Å². The van der Waals surface area contributed by atoms with Crippen molar-refractivity contribution in [2.45, 2.75) is 39.3 Å². The van der Waals surface area contributed by atoms with Gasteiger partial charge in [0.05, 0.1) is 6.42 Å². The molecule has 35 heavy (non-hydrogen) atoms. The lowest BCUT2D eigenvalue weighted by Crippen LogP contribution is -2.43. The van der Waals surface area contributed by atoms with Gasteiger partial charge in [0, 0.05) is 12.5 Å². The number of hydrogen-bond donors (Lipinski definition) is 3. The Balaban J connectivity index is 1.83. The van der Waals surface area contributed by atoms with Gasteiger partial charge in [0.25, 0.3) is 0 Å². The highest BCUT2D eigenvalue weighted by atomic mass is 16.4. The molecule has 3 aromatic carbocycles. The summed E-state index contributed by atoms with van der Waals surface area (Å²) in [6.07, 6.45) is 0.138. The van der Waals surface area contributed by atoms with Gasteiger partial charge in [0.2, 0.25) is 11.8 Å². The van der Waals surface area contributed by atoms with E-state index >= 15 is 0 Å². The first-order valence-electron chi connectivity index (χ1n) is 11.8. The number of hydrogen-bond acceptors (Lipinski definition) is 3. The molecule has 0 spiro atoms. The Morgan fingerprint density at radius 1 is 0.771 bits per heavy atom. The Hall–Kier alpha value is -3.93. The van der Waals surface area contributed by atoms with Crippen LogP contribution < -0.4 is 10.6 Å². The second kappa shape index (κ2) is 12.5. The third kappa shape index (κ3) is 7.81. The number of carboxylic acids is 1. The predicted molar refractivity (Wildman–Crippen MR) is 136 cm³/mol. The van der Waals surface area contributed by atoms with Gasteiger partial charge in [-0.2, -0.15) is 0 Å². The van der Waals surface area contributed by atoms with Crippen molar-refractivity contribution in [3.8, 4) is 11.1 Å². The Labute approximate surface area is 206 Å². The van der Waals surface area contributed by atoms with E-state index < -0.39 is 23.8 Å². The molecule has 3 N–H and O–H groups in total. The van der Waals surface area contributed by atoms with E-state index in [9.17, 15) is 19.5 Å². The van der Waals surface area contributed by atoms with Crippen LogP contribution in [0, 0.1) is 11.8 Å². The van der Waals surface area contributed by atoms with Gasteiger partial charge in [-0.05, 0) is 34.6 Å². The Kier molecular flexibility index (Phi) is 9.18. The summed E-state index contributed by atoms with van der Waals surface area (Å²) in [6, 6.07) is 25.9. The quantitative estimate of drug-likeness (QED) is 0.367. The molecule has 0 radical (unpaired) electrons. The SMILES string of the molecule is CC(C)C[C@H](CC(=O)O)C(=O)NC(C(=O)NCc1ccccc1)c1ccc(-c2ccccc2)cc1. The minimum absolute atomic E-state index is 0.139. The smallest absolute Gasteiger partial charge is 0.304 e. The predicted octanol–water partition coefficient (Wildman–Crippen LogP) is 4.96. The van der Waals surface area contributed by atoms with Crippen LogP contribution in [0.4, 0.5) is 0 Å². The third-order valence-electron chi connectivity index (χ3n) is 5.76. The normalized spacial score (nSPS) is 12.5. The van der Waals surface area contributed by atoms with E-state index in [0.29, 0.717) is 18.5 Å². The topological polar surface area (TPSA) is 95.5 Å². The van der Waals surface area contributed by atoms with Gasteiger partial charge in [-0.3, -0.25) is 14.4 Å². The van der Waals surface area contributed by atoms with Crippen molar-refractivity contribution in [1.29, 1.82) is 0 Å². The molecule has 0 fully saturated rings. The maximum atomic E-state index is 13.2. The molecule has 2 amide bonds. The zero-order valence-electron chi connectivity index (χ0n) is 20.1. The molecule has 2 atom stereocenters. The molecule has 0 aliphatic rings. The summed E-state index contributed by atoms with van der Waals surface area (Å²) in [4.78, 5) is 37.7. The summed E-state index contributed by atoms with van der Waals surface area (Å²) in [6.45, 7) is 4.20. The minimum atomic E-state index is -1.04. The van der Waals surface area contributed by atoms with Crippen molar-refractivity contribution in [3.63, 3.8) is 0 Å². The van der Waals surface area contributed by atoms with Gasteiger partial charge in [-0.25, -0.2) is 0 Å². The van der Waals surface area contributed by atoms with Crippen LogP contribution in [0.25, 0.3) is 11.1 Å². The van der Waals surface area contributed by atoms with E-state index in [1.165, 1.54) is 0 Å². The molecule has 6 nitrogen and oxygen atoms in total. The molecule has 6 heteroatoms. The molecule has 0 saturated carbocycles. The molecule has 0 heterocycles. The van der Waals surface area contributed by atoms with E-state index in [4.69, 9.17) is 0 Å². The van der Waals surface area contributed by atoms with Crippen LogP contribution in [0.2, 0.25) is 0 Å². The van der Waals surface area contributed by atoms with Gasteiger partial charge >= 0.3 is 5.97 Å². The van der Waals surface area contributed by atoms with Gasteiger partial charge < -0.3 is 15.7 Å². The average Bonchev–Trinajstić information content (AvgIpc) is 2.86. The largest absolute Gasteiger partial charge is 0.481 e. The molecule has 0 aliphatic heterocycles. The van der Waals surface area contributed by atoms with Crippen LogP contribution in [0.15, 0.2) is 84.9 Å². The summed E-state index contributed by atoms with van der Waals surface area (Å²) in [5.41, 5.74) is 3.61. The molecule has 1 unspecified atom stereocenters. The molecule has 0 saturated heterocycles. The lowest BCUT2D eigenvalue weighted by atomic mass is 9.92. The zero-order valence-corrected chi connectivity index (χ0v) is 20.1. The highest BCUT2D eigenvalue weighted by Crippen LogP contribution is 2.24. The van der Waals surface area contributed by atoms with Crippen LogP contribution >= 0.6 is 0 Å². The number of benzene rings is 3. The van der Waals surface area contributed by atoms with E-state index in [1.54, 1.807) is 0 Å². The summed E-state index contributed by atoms with van der Waals surface area (Å²) in [5, 5.41) is 15.0. The molecule has 0 aromatic heterocycles. The number of rotatable bonds is 11. The van der Waals surface area contributed by atoms with Gasteiger partial charge in [0.1, 0.15) is 6.04 Å². The van der Waals surface area contributed by atoms with Crippen LogP contribution in [-0.4, -0.2) is 22.9 Å². The maximum absolute atomic E-state index is 13.2. The lowest BCUT2D eigenvalue weighted by Gasteiger charge is -2.23. The molecular formula is C29H32N2O4. The van der Waals surface area contributed by atoms with Crippen LogP contribution in [-0.2, 0) is 20.9 Å².